The molecule has 0 amide bonds. The van der Waals surface area contributed by atoms with Crippen LogP contribution in [0, 0.1) is 0 Å². The third kappa shape index (κ3) is 11.0. The molecule has 0 unspecified atom stereocenters. The van der Waals surface area contributed by atoms with E-state index in [9.17, 15) is 0 Å². The zero-order chi connectivity index (χ0) is 14.5. The van der Waals surface area contributed by atoms with Crippen molar-refractivity contribution in [2.45, 2.75) is 27.2 Å². The van der Waals surface area contributed by atoms with Gasteiger partial charge < -0.3 is 10.2 Å². The molecule has 0 saturated heterocycles. The Bertz CT molecular complexity index is 419. The number of hydrogen-bond donors (Lipinski definition) is 2. The summed E-state index contributed by atoms with van der Waals surface area (Å²) < 4.78 is 0. The van der Waals surface area contributed by atoms with Gasteiger partial charge in [0.1, 0.15) is 0 Å². The van der Waals surface area contributed by atoms with Gasteiger partial charge in [0.05, 0.1) is 6.26 Å². The minimum absolute atomic E-state index is 0.191. The first-order valence-corrected chi connectivity index (χ1v) is 6.38. The molecule has 2 N–H and O–H groups in total. The van der Waals surface area contributed by atoms with Gasteiger partial charge in [0, 0.05) is 6.61 Å². The second kappa shape index (κ2) is 11.3. The summed E-state index contributed by atoms with van der Waals surface area (Å²) in [5, 5.41) is 17.4. The van der Waals surface area contributed by atoms with Gasteiger partial charge in [-0.1, -0.05) is 59.8 Å². The Morgan fingerprint density at radius 2 is 1.42 bits per heavy atom. The lowest BCUT2D eigenvalue weighted by Crippen LogP contribution is -1.77. The molecule has 0 spiro atoms. The van der Waals surface area contributed by atoms with Crippen molar-refractivity contribution in [2.75, 3.05) is 6.61 Å². The highest BCUT2D eigenvalue weighted by Gasteiger charge is 1.82. The zero-order valence-corrected chi connectivity index (χ0v) is 12.0. The van der Waals surface area contributed by atoms with Crippen LogP contribution in [0.1, 0.15) is 27.2 Å². The Balaban J connectivity index is 4.31. The van der Waals surface area contributed by atoms with Crippen molar-refractivity contribution in [1.29, 1.82) is 0 Å². The third-order valence-corrected chi connectivity index (χ3v) is 2.35. The van der Waals surface area contributed by atoms with Crippen LogP contribution >= 0.6 is 0 Å². The van der Waals surface area contributed by atoms with Crippen molar-refractivity contribution in [3.8, 4) is 0 Å². The molecule has 0 saturated carbocycles. The van der Waals surface area contributed by atoms with Crippen LogP contribution in [0.4, 0.5) is 0 Å². The second-order valence-corrected chi connectivity index (χ2v) is 4.32. The Kier molecular flexibility index (Phi) is 10.2. The number of hydrogen-bond acceptors (Lipinski definition) is 2. The summed E-state index contributed by atoms with van der Waals surface area (Å²) in [7, 11) is 0. The Hall–Kier alpha value is -1.80. The molecule has 0 aliphatic rings. The first-order chi connectivity index (χ1) is 9.10. The van der Waals surface area contributed by atoms with E-state index in [2.05, 4.69) is 0 Å². The lowest BCUT2D eigenvalue weighted by Gasteiger charge is -1.91. The van der Waals surface area contributed by atoms with E-state index in [1.165, 1.54) is 0 Å². The average molecular weight is 260 g/mol. The van der Waals surface area contributed by atoms with Gasteiger partial charge in [0.25, 0.3) is 0 Å². The van der Waals surface area contributed by atoms with E-state index < -0.39 is 0 Å². The summed E-state index contributed by atoms with van der Waals surface area (Å²) in [6, 6.07) is 0. The Labute approximate surface area is 116 Å². The van der Waals surface area contributed by atoms with Crippen LogP contribution in [0.25, 0.3) is 0 Å². The number of allylic oxidation sites excluding steroid dienone is 10. The molecule has 0 heterocycles. The van der Waals surface area contributed by atoms with Crippen molar-refractivity contribution >= 4 is 0 Å². The Morgan fingerprint density at radius 3 is 2.00 bits per heavy atom. The van der Waals surface area contributed by atoms with Gasteiger partial charge in [-0.25, -0.2) is 0 Å². The molecule has 0 bridgehead atoms. The molecule has 2 nitrogen and oxygen atoms in total. The quantitative estimate of drug-likeness (QED) is 0.526. The lowest BCUT2D eigenvalue weighted by molar-refractivity contribution is 0.302. The summed E-state index contributed by atoms with van der Waals surface area (Å²) in [6.45, 7) is 6.06. The van der Waals surface area contributed by atoms with Crippen LogP contribution in [0.15, 0.2) is 71.6 Å². The molecule has 0 radical (unpaired) electrons. The minimum Gasteiger partial charge on any atom is -0.515 e. The first kappa shape index (κ1) is 17.2. The van der Waals surface area contributed by atoms with E-state index in [4.69, 9.17) is 10.2 Å². The van der Waals surface area contributed by atoms with E-state index in [1.54, 1.807) is 0 Å². The molecule has 0 aliphatic carbocycles. The summed E-state index contributed by atoms with van der Waals surface area (Å²) in [5.41, 5.74) is 3.10. The summed E-state index contributed by atoms with van der Waals surface area (Å²) in [6.07, 6.45) is 17.5. The highest BCUT2D eigenvalue weighted by atomic mass is 16.3. The van der Waals surface area contributed by atoms with Crippen molar-refractivity contribution in [3.05, 3.63) is 71.6 Å². The monoisotopic (exact) mass is 260 g/mol. The largest absolute Gasteiger partial charge is 0.515 e. The van der Waals surface area contributed by atoms with Crippen molar-refractivity contribution in [3.63, 3.8) is 0 Å². The molecule has 0 fully saturated rings. The highest BCUT2D eigenvalue weighted by Crippen LogP contribution is 2.01. The fraction of sp³-hybridized carbons (Fsp3) is 0.294. The highest BCUT2D eigenvalue weighted by molar-refractivity contribution is 5.29. The fourth-order valence-electron chi connectivity index (χ4n) is 1.23. The molecular weight excluding hydrogens is 236 g/mol. The predicted octanol–water partition coefficient (Wildman–Crippen LogP) is 4.39. The first-order valence-electron chi connectivity index (χ1n) is 6.38. The van der Waals surface area contributed by atoms with E-state index in [-0.39, 0.29) is 6.61 Å². The zero-order valence-electron chi connectivity index (χ0n) is 12.0. The SMILES string of the molecule is CC(C=CC=CC(C)=CC=CC(C)=CCCO)=CO. The maximum Gasteiger partial charge on any atom is 0.0820 e. The van der Waals surface area contributed by atoms with Crippen LogP contribution in [0.2, 0.25) is 0 Å². The summed E-state index contributed by atoms with van der Waals surface area (Å²) >= 11 is 0. The van der Waals surface area contributed by atoms with Gasteiger partial charge in [-0.05, 0) is 32.8 Å². The predicted molar refractivity (Wildman–Crippen MR) is 83.0 cm³/mol. The van der Waals surface area contributed by atoms with Crippen LogP contribution in [0.3, 0.4) is 0 Å². The maximum absolute atomic E-state index is 8.69. The molecule has 0 rings (SSSR count). The van der Waals surface area contributed by atoms with Crippen molar-refractivity contribution in [1.82, 2.24) is 0 Å². The van der Waals surface area contributed by atoms with Crippen LogP contribution in [-0.2, 0) is 0 Å². The second-order valence-electron chi connectivity index (χ2n) is 4.32. The number of aliphatic hydroxyl groups excluding tert-OH is 2. The molecule has 0 aromatic rings. The van der Waals surface area contributed by atoms with Crippen LogP contribution in [-0.4, -0.2) is 16.8 Å². The van der Waals surface area contributed by atoms with Crippen LogP contribution < -0.4 is 0 Å². The molecule has 0 aliphatic heterocycles. The topological polar surface area (TPSA) is 40.5 Å². The number of aliphatic hydroxyl groups is 2. The summed E-state index contributed by atoms with van der Waals surface area (Å²) in [4.78, 5) is 0. The molecule has 2 heteroatoms. The molecular formula is C17H24O2. The van der Waals surface area contributed by atoms with Crippen molar-refractivity contribution < 1.29 is 10.2 Å². The number of rotatable bonds is 7. The van der Waals surface area contributed by atoms with Crippen molar-refractivity contribution in [2.24, 2.45) is 0 Å². The smallest absolute Gasteiger partial charge is 0.0820 e. The lowest BCUT2D eigenvalue weighted by atomic mass is 10.2. The summed E-state index contributed by atoms with van der Waals surface area (Å²) in [5.74, 6) is 0. The Morgan fingerprint density at radius 1 is 0.842 bits per heavy atom. The van der Waals surface area contributed by atoms with Gasteiger partial charge in [-0.15, -0.1) is 0 Å². The average Bonchev–Trinajstić information content (AvgIpc) is 2.40. The minimum atomic E-state index is 0.191. The molecule has 0 aromatic carbocycles. The molecule has 0 aromatic heterocycles. The molecule has 104 valence electrons. The van der Waals surface area contributed by atoms with Gasteiger partial charge in [-0.3, -0.25) is 0 Å². The third-order valence-electron chi connectivity index (χ3n) is 2.35. The molecule has 19 heavy (non-hydrogen) atoms. The maximum atomic E-state index is 8.69. The van der Waals surface area contributed by atoms with E-state index in [1.807, 2.05) is 69.4 Å². The van der Waals surface area contributed by atoms with E-state index in [0.29, 0.717) is 6.42 Å². The normalized spacial score (nSPS) is 15.3. The standard InChI is InChI=1S/C17H24O2/c1-15(8-4-5-9-17(3)14-19)10-6-11-16(2)12-7-13-18/h4-6,8-12,14,18-19H,7,13H2,1-3H3. The van der Waals surface area contributed by atoms with E-state index in [0.717, 1.165) is 23.0 Å². The van der Waals surface area contributed by atoms with E-state index >= 15 is 0 Å². The van der Waals surface area contributed by atoms with Gasteiger partial charge >= 0.3 is 0 Å². The van der Waals surface area contributed by atoms with Gasteiger partial charge in [-0.2, -0.15) is 0 Å². The van der Waals surface area contributed by atoms with Gasteiger partial charge in [0.2, 0.25) is 0 Å². The van der Waals surface area contributed by atoms with Crippen LogP contribution in [0.5, 0.6) is 0 Å². The molecule has 0 atom stereocenters. The van der Waals surface area contributed by atoms with Gasteiger partial charge in [0.15, 0.2) is 0 Å². The fourth-order valence-corrected chi connectivity index (χ4v) is 1.23.